The molecule has 0 unspecified atom stereocenters. The molecule has 2 aromatic carbocycles. The molecule has 9 heteroatoms. The standard InChI is InChI=1S/C21H15Cl2N3O2S2/c1-11-17(12-5-3-2-4-6-12)18-19(28)25-21(26-20(18)30-11)29-10-16(27)24-13-7-8-14(22)15(23)9-13/h2-9H,10H2,1H3,(H,24,27)(H,25,26,28). The van der Waals surface area contributed by atoms with E-state index in [1.807, 2.05) is 37.3 Å². The van der Waals surface area contributed by atoms with Crippen molar-refractivity contribution >= 4 is 68.1 Å². The van der Waals surface area contributed by atoms with E-state index in [2.05, 4.69) is 15.3 Å². The van der Waals surface area contributed by atoms with Gasteiger partial charge in [0.05, 0.1) is 21.2 Å². The SMILES string of the molecule is Cc1sc2nc(SCC(=O)Nc3ccc(Cl)c(Cl)c3)[nH]c(=O)c2c1-c1ccccc1. The summed E-state index contributed by atoms with van der Waals surface area (Å²) in [6.07, 6.45) is 0. The maximum absolute atomic E-state index is 12.8. The zero-order valence-electron chi connectivity index (χ0n) is 15.7. The molecule has 0 radical (unpaired) electrons. The fourth-order valence-electron chi connectivity index (χ4n) is 3.02. The highest BCUT2D eigenvalue weighted by Crippen LogP contribution is 2.35. The predicted molar refractivity (Wildman–Crippen MR) is 126 cm³/mol. The van der Waals surface area contributed by atoms with Crippen LogP contribution in [0.25, 0.3) is 21.3 Å². The van der Waals surface area contributed by atoms with Crippen molar-refractivity contribution in [2.45, 2.75) is 12.1 Å². The van der Waals surface area contributed by atoms with Crippen LogP contribution >= 0.6 is 46.3 Å². The molecule has 30 heavy (non-hydrogen) atoms. The maximum Gasteiger partial charge on any atom is 0.260 e. The predicted octanol–water partition coefficient (Wildman–Crippen LogP) is 6.00. The first-order chi connectivity index (χ1) is 14.4. The number of H-pyrrole nitrogens is 1. The van der Waals surface area contributed by atoms with E-state index in [9.17, 15) is 9.59 Å². The Kier molecular flexibility index (Phi) is 6.15. The molecule has 4 rings (SSSR count). The van der Waals surface area contributed by atoms with E-state index in [0.29, 0.717) is 31.1 Å². The van der Waals surface area contributed by atoms with Crippen LogP contribution in [-0.4, -0.2) is 21.6 Å². The summed E-state index contributed by atoms with van der Waals surface area (Å²) in [6.45, 7) is 1.98. The zero-order chi connectivity index (χ0) is 21.3. The largest absolute Gasteiger partial charge is 0.325 e. The number of aromatic amines is 1. The smallest absolute Gasteiger partial charge is 0.260 e. The molecule has 0 aliphatic rings. The number of halogens is 2. The summed E-state index contributed by atoms with van der Waals surface area (Å²) in [5.74, 6) is -0.154. The van der Waals surface area contributed by atoms with Crippen molar-refractivity contribution in [1.82, 2.24) is 9.97 Å². The highest BCUT2D eigenvalue weighted by molar-refractivity contribution is 7.99. The topological polar surface area (TPSA) is 74.8 Å². The van der Waals surface area contributed by atoms with E-state index < -0.39 is 0 Å². The number of rotatable bonds is 5. The van der Waals surface area contributed by atoms with Crippen LogP contribution in [0.1, 0.15) is 4.88 Å². The normalized spacial score (nSPS) is 11.0. The van der Waals surface area contributed by atoms with Crippen molar-refractivity contribution in [2.75, 3.05) is 11.1 Å². The second kappa shape index (κ2) is 8.81. The minimum absolute atomic E-state index is 0.0879. The Hall–Kier alpha value is -2.32. The molecule has 0 atom stereocenters. The summed E-state index contributed by atoms with van der Waals surface area (Å²) in [6, 6.07) is 14.6. The summed E-state index contributed by atoms with van der Waals surface area (Å²) < 4.78 is 0. The first-order valence-electron chi connectivity index (χ1n) is 8.89. The van der Waals surface area contributed by atoms with Gasteiger partial charge in [-0.2, -0.15) is 0 Å². The second-order valence-corrected chi connectivity index (χ2v) is 9.40. The molecule has 0 fully saturated rings. The minimum atomic E-state index is -0.242. The maximum atomic E-state index is 12.8. The van der Waals surface area contributed by atoms with E-state index in [1.165, 1.54) is 11.3 Å². The Bertz CT molecular complexity index is 1300. The quantitative estimate of drug-likeness (QED) is 0.274. The van der Waals surface area contributed by atoms with Crippen LogP contribution in [0.5, 0.6) is 0 Å². The third kappa shape index (κ3) is 4.39. The molecule has 0 aliphatic heterocycles. The molecule has 0 saturated carbocycles. The monoisotopic (exact) mass is 475 g/mol. The molecule has 0 bridgehead atoms. The van der Waals surface area contributed by atoms with Gasteiger partial charge in [-0.15, -0.1) is 11.3 Å². The van der Waals surface area contributed by atoms with E-state index in [1.54, 1.807) is 18.2 Å². The molecule has 1 amide bonds. The first kappa shape index (κ1) is 20.9. The fraction of sp³-hybridized carbons (Fsp3) is 0.0952. The van der Waals surface area contributed by atoms with Gasteiger partial charge in [0.2, 0.25) is 5.91 Å². The third-order valence-corrected chi connectivity index (χ3v) is 6.93. The number of nitrogens with one attached hydrogen (secondary N) is 2. The summed E-state index contributed by atoms with van der Waals surface area (Å²) in [4.78, 5) is 34.1. The zero-order valence-corrected chi connectivity index (χ0v) is 18.8. The number of aromatic nitrogens is 2. The molecule has 2 N–H and O–H groups in total. The Morgan fingerprint density at radius 3 is 2.67 bits per heavy atom. The number of amides is 1. The summed E-state index contributed by atoms with van der Waals surface area (Å²) >= 11 is 14.5. The van der Waals surface area contributed by atoms with Crippen LogP contribution in [0.4, 0.5) is 5.69 Å². The van der Waals surface area contributed by atoms with Gasteiger partial charge in [0.15, 0.2) is 5.16 Å². The molecule has 0 aliphatic carbocycles. The molecule has 4 aromatic rings. The van der Waals surface area contributed by atoms with Crippen LogP contribution in [0.15, 0.2) is 58.5 Å². The number of anilines is 1. The lowest BCUT2D eigenvalue weighted by Gasteiger charge is -2.06. The Labute approximate surface area is 190 Å². The average Bonchev–Trinajstić information content (AvgIpc) is 3.06. The number of benzene rings is 2. The van der Waals surface area contributed by atoms with Gasteiger partial charge in [-0.3, -0.25) is 9.59 Å². The second-order valence-electron chi connectivity index (χ2n) is 6.42. The Balaban J connectivity index is 1.53. The van der Waals surface area contributed by atoms with Gasteiger partial charge in [0.25, 0.3) is 5.56 Å². The highest BCUT2D eigenvalue weighted by Gasteiger charge is 2.17. The van der Waals surface area contributed by atoms with E-state index in [0.717, 1.165) is 27.8 Å². The van der Waals surface area contributed by atoms with Gasteiger partial charge < -0.3 is 10.3 Å². The van der Waals surface area contributed by atoms with E-state index >= 15 is 0 Å². The molecule has 2 aromatic heterocycles. The molecule has 5 nitrogen and oxygen atoms in total. The lowest BCUT2D eigenvalue weighted by molar-refractivity contribution is -0.113. The number of hydrogen-bond acceptors (Lipinski definition) is 5. The number of aryl methyl sites for hydroxylation is 1. The molecule has 152 valence electrons. The number of carbonyl (C=O) groups excluding carboxylic acids is 1. The minimum Gasteiger partial charge on any atom is -0.325 e. The summed E-state index contributed by atoms with van der Waals surface area (Å²) in [5, 5.41) is 4.50. The van der Waals surface area contributed by atoms with Gasteiger partial charge in [-0.05, 0) is 30.7 Å². The van der Waals surface area contributed by atoms with Crippen molar-refractivity contribution in [3.8, 4) is 11.1 Å². The van der Waals surface area contributed by atoms with Crippen molar-refractivity contribution in [1.29, 1.82) is 0 Å². The van der Waals surface area contributed by atoms with Crippen LogP contribution in [0.2, 0.25) is 10.0 Å². The van der Waals surface area contributed by atoms with Gasteiger partial charge in [0.1, 0.15) is 4.83 Å². The molecule has 0 saturated heterocycles. The van der Waals surface area contributed by atoms with E-state index in [4.69, 9.17) is 23.2 Å². The number of nitrogens with zero attached hydrogens (tertiary/aromatic N) is 1. The van der Waals surface area contributed by atoms with Crippen molar-refractivity contribution in [2.24, 2.45) is 0 Å². The van der Waals surface area contributed by atoms with Crippen LogP contribution < -0.4 is 10.9 Å². The van der Waals surface area contributed by atoms with Crippen molar-refractivity contribution in [3.63, 3.8) is 0 Å². The molecular formula is C21H15Cl2N3O2S2. The van der Waals surface area contributed by atoms with Crippen molar-refractivity contribution in [3.05, 3.63) is 73.8 Å². The van der Waals surface area contributed by atoms with E-state index in [-0.39, 0.29) is 17.2 Å². The highest BCUT2D eigenvalue weighted by atomic mass is 35.5. The summed E-state index contributed by atoms with van der Waals surface area (Å²) in [7, 11) is 0. The fourth-order valence-corrected chi connectivity index (χ4v) is 5.09. The number of thiophene rings is 1. The number of thioether (sulfide) groups is 1. The summed E-state index contributed by atoms with van der Waals surface area (Å²) in [5.41, 5.74) is 2.22. The lowest BCUT2D eigenvalue weighted by atomic mass is 10.0. The number of carbonyl (C=O) groups is 1. The van der Waals surface area contributed by atoms with Crippen LogP contribution in [0, 0.1) is 6.92 Å². The van der Waals surface area contributed by atoms with Crippen LogP contribution in [-0.2, 0) is 4.79 Å². The average molecular weight is 476 g/mol. The molecule has 2 heterocycles. The van der Waals surface area contributed by atoms with Gasteiger partial charge in [-0.1, -0.05) is 65.3 Å². The van der Waals surface area contributed by atoms with Crippen molar-refractivity contribution < 1.29 is 4.79 Å². The molecular weight excluding hydrogens is 461 g/mol. The van der Waals surface area contributed by atoms with Crippen LogP contribution in [0.3, 0.4) is 0 Å². The number of hydrogen-bond donors (Lipinski definition) is 2. The van der Waals surface area contributed by atoms with Gasteiger partial charge >= 0.3 is 0 Å². The molecule has 0 spiro atoms. The van der Waals surface area contributed by atoms with Gasteiger partial charge in [-0.25, -0.2) is 4.98 Å². The Morgan fingerprint density at radius 1 is 1.17 bits per heavy atom. The Morgan fingerprint density at radius 2 is 1.93 bits per heavy atom. The third-order valence-electron chi connectivity index (χ3n) is 4.32. The van der Waals surface area contributed by atoms with Gasteiger partial charge in [0, 0.05) is 16.1 Å². The first-order valence-corrected chi connectivity index (χ1v) is 11.4. The lowest BCUT2D eigenvalue weighted by Crippen LogP contribution is -2.15. The number of fused-ring (bicyclic) bond motifs is 1.